The Hall–Kier alpha value is -5.95. The fourth-order valence-electron chi connectivity index (χ4n) is 5.88. The molecule has 0 fully saturated rings. The lowest BCUT2D eigenvalue weighted by Gasteiger charge is -2.34. The first-order valence-corrected chi connectivity index (χ1v) is 16.2. The van der Waals surface area contributed by atoms with E-state index in [2.05, 4.69) is 32.9 Å². The van der Waals surface area contributed by atoms with Crippen LogP contribution in [0.2, 0.25) is 0 Å². The SMILES string of the molecule is C=CC(=O)Nc1ccc(C(=O)Nc2cccc(Nc3nn(C(=O)OCC)c4c3CN(C(=O)N[C@H](CN(C)C)c3ccccc3)C4(C)C)c2)cc1. The highest BCUT2D eigenvalue weighted by Crippen LogP contribution is 2.43. The highest BCUT2D eigenvalue weighted by molar-refractivity contribution is 6.05. The molecule has 3 aromatic carbocycles. The minimum absolute atomic E-state index is 0.151. The van der Waals surface area contributed by atoms with Crippen LogP contribution in [-0.2, 0) is 21.6 Å². The second-order valence-electron chi connectivity index (χ2n) is 12.5. The van der Waals surface area contributed by atoms with Crippen molar-refractivity contribution in [1.29, 1.82) is 0 Å². The quantitative estimate of drug-likeness (QED) is 0.140. The third-order valence-corrected chi connectivity index (χ3v) is 8.27. The number of hydrogen-bond donors (Lipinski definition) is 4. The van der Waals surface area contributed by atoms with Gasteiger partial charge in [0.15, 0.2) is 5.82 Å². The molecule has 0 radical (unpaired) electrons. The number of carbonyl (C=O) groups is 4. The number of rotatable bonds is 11. The lowest BCUT2D eigenvalue weighted by atomic mass is 10.0. The van der Waals surface area contributed by atoms with Crippen molar-refractivity contribution in [3.05, 3.63) is 114 Å². The molecule has 4 aromatic rings. The molecule has 50 heavy (non-hydrogen) atoms. The highest BCUT2D eigenvalue weighted by Gasteiger charge is 2.47. The van der Waals surface area contributed by atoms with Crippen LogP contribution in [0.25, 0.3) is 0 Å². The van der Waals surface area contributed by atoms with Crippen LogP contribution >= 0.6 is 0 Å². The molecule has 260 valence electrons. The van der Waals surface area contributed by atoms with Gasteiger partial charge >= 0.3 is 12.1 Å². The van der Waals surface area contributed by atoms with Crippen LogP contribution in [0.5, 0.6) is 0 Å². The molecular weight excluding hydrogens is 636 g/mol. The van der Waals surface area contributed by atoms with E-state index in [1.54, 1.807) is 60.4 Å². The van der Waals surface area contributed by atoms with Crippen molar-refractivity contribution in [3.8, 4) is 0 Å². The second-order valence-corrected chi connectivity index (χ2v) is 12.5. The van der Waals surface area contributed by atoms with Gasteiger partial charge in [0, 0.05) is 34.7 Å². The normalized spacial score (nSPS) is 13.6. The molecule has 0 spiro atoms. The summed E-state index contributed by atoms with van der Waals surface area (Å²) < 4.78 is 6.56. The number of urea groups is 1. The molecule has 1 atom stereocenters. The zero-order valence-electron chi connectivity index (χ0n) is 28.8. The van der Waals surface area contributed by atoms with Gasteiger partial charge in [0.2, 0.25) is 5.91 Å². The Labute approximate surface area is 291 Å². The molecule has 1 aliphatic heterocycles. The minimum atomic E-state index is -0.932. The van der Waals surface area contributed by atoms with Crippen LogP contribution in [-0.4, -0.2) is 70.8 Å². The van der Waals surface area contributed by atoms with Crippen molar-refractivity contribution in [1.82, 2.24) is 24.9 Å². The number of benzene rings is 3. The molecule has 4 N–H and O–H groups in total. The average Bonchev–Trinajstić information content (AvgIpc) is 3.59. The Morgan fingerprint density at radius 2 is 1.66 bits per heavy atom. The number of ether oxygens (including phenoxy) is 1. The summed E-state index contributed by atoms with van der Waals surface area (Å²) in [6.45, 7) is 9.82. The average molecular weight is 679 g/mol. The number of aromatic nitrogens is 2. The van der Waals surface area contributed by atoms with E-state index in [1.807, 2.05) is 63.2 Å². The zero-order valence-corrected chi connectivity index (χ0v) is 28.8. The van der Waals surface area contributed by atoms with E-state index in [9.17, 15) is 19.2 Å². The monoisotopic (exact) mass is 678 g/mol. The molecule has 5 rings (SSSR count). The van der Waals surface area contributed by atoms with E-state index in [0.29, 0.717) is 46.2 Å². The lowest BCUT2D eigenvalue weighted by Crippen LogP contribution is -2.49. The molecule has 13 heteroatoms. The molecule has 0 aliphatic carbocycles. The first-order valence-electron chi connectivity index (χ1n) is 16.2. The van der Waals surface area contributed by atoms with Gasteiger partial charge in [-0.3, -0.25) is 9.59 Å². The predicted molar refractivity (Wildman–Crippen MR) is 192 cm³/mol. The third-order valence-electron chi connectivity index (χ3n) is 8.27. The zero-order chi connectivity index (χ0) is 36.0. The van der Waals surface area contributed by atoms with Crippen molar-refractivity contribution in [2.75, 3.05) is 43.2 Å². The summed E-state index contributed by atoms with van der Waals surface area (Å²) in [7, 11) is 3.91. The third kappa shape index (κ3) is 7.84. The van der Waals surface area contributed by atoms with Gasteiger partial charge in [0.25, 0.3) is 5.91 Å². The van der Waals surface area contributed by atoms with Gasteiger partial charge < -0.3 is 35.8 Å². The molecular formula is C37H42N8O5. The molecule has 0 saturated heterocycles. The number of likely N-dealkylation sites (N-methyl/N-ethyl adjacent to an activating group) is 1. The van der Waals surface area contributed by atoms with Crippen LogP contribution in [0.15, 0.2) is 91.5 Å². The van der Waals surface area contributed by atoms with Crippen LogP contribution in [0.4, 0.5) is 32.5 Å². The van der Waals surface area contributed by atoms with Crippen LogP contribution in [0, 0.1) is 0 Å². The summed E-state index contributed by atoms with van der Waals surface area (Å²) in [5.74, 6) is -0.312. The van der Waals surface area contributed by atoms with Gasteiger partial charge in [0.05, 0.1) is 30.4 Å². The molecule has 0 bridgehead atoms. The number of anilines is 4. The Morgan fingerprint density at radius 1 is 0.960 bits per heavy atom. The minimum Gasteiger partial charge on any atom is -0.448 e. The summed E-state index contributed by atoms with van der Waals surface area (Å²) in [4.78, 5) is 55.4. The fourth-order valence-corrected chi connectivity index (χ4v) is 5.88. The van der Waals surface area contributed by atoms with E-state index in [4.69, 9.17) is 4.74 Å². The summed E-state index contributed by atoms with van der Waals surface area (Å²) in [6, 6.07) is 22.8. The number of amides is 4. The molecule has 0 saturated carbocycles. The molecule has 1 aliphatic rings. The fraction of sp³-hybridized carbons (Fsp3) is 0.270. The maximum atomic E-state index is 14.0. The predicted octanol–water partition coefficient (Wildman–Crippen LogP) is 6.07. The van der Waals surface area contributed by atoms with Crippen LogP contribution in [0.3, 0.4) is 0 Å². The van der Waals surface area contributed by atoms with Gasteiger partial charge in [-0.1, -0.05) is 43.0 Å². The smallest absolute Gasteiger partial charge is 0.435 e. The Morgan fingerprint density at radius 3 is 2.32 bits per heavy atom. The van der Waals surface area contributed by atoms with Crippen molar-refractivity contribution in [2.24, 2.45) is 0 Å². The van der Waals surface area contributed by atoms with Gasteiger partial charge in [-0.15, -0.1) is 5.10 Å². The van der Waals surface area contributed by atoms with Gasteiger partial charge in [-0.05, 0) is 89.0 Å². The maximum Gasteiger partial charge on any atom is 0.435 e. The van der Waals surface area contributed by atoms with E-state index in [1.165, 1.54) is 10.8 Å². The van der Waals surface area contributed by atoms with E-state index < -0.39 is 11.6 Å². The van der Waals surface area contributed by atoms with E-state index in [0.717, 1.165) is 5.56 Å². The van der Waals surface area contributed by atoms with Crippen molar-refractivity contribution in [2.45, 2.75) is 38.9 Å². The molecule has 4 amide bonds. The summed E-state index contributed by atoms with van der Waals surface area (Å²) in [5.41, 5.74) is 3.29. The first-order chi connectivity index (χ1) is 23.9. The first kappa shape index (κ1) is 35.4. The number of hydrogen-bond acceptors (Lipinski definition) is 8. The largest absolute Gasteiger partial charge is 0.448 e. The number of fused-ring (bicyclic) bond motifs is 1. The molecule has 13 nitrogen and oxygen atoms in total. The summed E-state index contributed by atoms with van der Waals surface area (Å²) >= 11 is 0. The van der Waals surface area contributed by atoms with Gasteiger partial charge in [-0.2, -0.15) is 4.68 Å². The maximum absolute atomic E-state index is 14.0. The number of nitrogens with one attached hydrogen (secondary N) is 4. The summed E-state index contributed by atoms with van der Waals surface area (Å²) in [6.07, 6.45) is 0.512. The molecule has 1 aromatic heterocycles. The van der Waals surface area contributed by atoms with Crippen LogP contribution in [0.1, 0.15) is 54.0 Å². The second kappa shape index (κ2) is 15.1. The van der Waals surface area contributed by atoms with Crippen molar-refractivity contribution in [3.63, 3.8) is 0 Å². The Kier molecular flexibility index (Phi) is 10.7. The van der Waals surface area contributed by atoms with Gasteiger partial charge in [-0.25, -0.2) is 9.59 Å². The Bertz CT molecular complexity index is 1890. The van der Waals surface area contributed by atoms with Crippen molar-refractivity contribution < 1.29 is 23.9 Å². The standard InChI is InChI=1S/C37H42N8O5/c1-7-31(46)38-26-19-17-25(18-20-26)34(47)40-28-16-12-15-27(21-28)39-33-29-22-44(37(3,4)32(29)45(42-33)36(49)50-8-2)35(48)41-30(23-43(5)6)24-13-10-9-11-14-24/h7,9-21,30H,1,8,22-23H2,2-6H3,(H,38,46)(H,39,42)(H,40,47)(H,41,48)/t30-/m1/s1. The van der Waals surface area contributed by atoms with E-state index in [-0.39, 0.29) is 37.0 Å². The summed E-state index contributed by atoms with van der Waals surface area (Å²) in [5, 5.41) is 16.6. The van der Waals surface area contributed by atoms with E-state index >= 15 is 0 Å². The molecule has 2 heterocycles. The number of nitrogens with zero attached hydrogens (tertiary/aromatic N) is 4. The number of carbonyl (C=O) groups excluding carboxylic acids is 4. The van der Waals surface area contributed by atoms with Crippen molar-refractivity contribution >= 4 is 46.8 Å². The highest BCUT2D eigenvalue weighted by atomic mass is 16.6. The molecule has 0 unspecified atom stereocenters. The van der Waals surface area contributed by atoms with Crippen LogP contribution < -0.4 is 21.3 Å². The lowest BCUT2D eigenvalue weighted by molar-refractivity contribution is -0.111. The topological polar surface area (TPSA) is 150 Å². The van der Waals surface area contributed by atoms with Gasteiger partial charge in [0.1, 0.15) is 0 Å². The Balaban J connectivity index is 1.38.